The van der Waals surface area contributed by atoms with Gasteiger partial charge in [0, 0.05) is 13.7 Å². The largest absolute Gasteiger partial charge is 0.493 e. The van der Waals surface area contributed by atoms with Crippen LogP contribution in [0.5, 0.6) is 17.2 Å². The molecule has 1 atom stereocenters. The molecule has 0 spiro atoms. The summed E-state index contributed by atoms with van der Waals surface area (Å²) in [7, 11) is 6.12. The summed E-state index contributed by atoms with van der Waals surface area (Å²) in [5.41, 5.74) is 2.88. The first-order valence-electron chi connectivity index (χ1n) is 10.5. The first kappa shape index (κ1) is 22.7. The van der Waals surface area contributed by atoms with E-state index in [1.54, 1.807) is 30.2 Å². The highest BCUT2D eigenvalue weighted by molar-refractivity contribution is 5.99. The van der Waals surface area contributed by atoms with Crippen molar-refractivity contribution in [1.29, 1.82) is 0 Å². The van der Waals surface area contributed by atoms with E-state index in [-0.39, 0.29) is 23.6 Å². The number of benzene rings is 2. The molecule has 2 heterocycles. The third kappa shape index (κ3) is 3.60. The second kappa shape index (κ2) is 8.78. The van der Waals surface area contributed by atoms with Gasteiger partial charge >= 0.3 is 0 Å². The van der Waals surface area contributed by atoms with Gasteiger partial charge < -0.3 is 28.3 Å². The number of hydrogen-bond donors (Lipinski definition) is 0. The molecule has 0 aliphatic carbocycles. The Morgan fingerprint density at radius 3 is 2.18 bits per heavy atom. The second-order valence-electron chi connectivity index (χ2n) is 7.99. The maximum Gasteiger partial charge on any atom is 0.290 e. The lowest BCUT2D eigenvalue weighted by Crippen LogP contribution is -2.32. The van der Waals surface area contributed by atoms with Gasteiger partial charge in [-0.1, -0.05) is 6.07 Å². The van der Waals surface area contributed by atoms with Crippen LogP contribution in [0.25, 0.3) is 11.0 Å². The summed E-state index contributed by atoms with van der Waals surface area (Å²) < 4.78 is 27.8. The number of methoxy groups -OCH3 is 4. The number of carbonyl (C=O) groups excluding carboxylic acids is 1. The van der Waals surface area contributed by atoms with Crippen LogP contribution < -0.4 is 19.6 Å². The van der Waals surface area contributed by atoms with Gasteiger partial charge in [0.25, 0.3) is 5.91 Å². The molecule has 0 bridgehead atoms. The summed E-state index contributed by atoms with van der Waals surface area (Å²) >= 11 is 0. The highest BCUT2D eigenvalue weighted by Crippen LogP contribution is 2.45. The lowest BCUT2D eigenvalue weighted by Gasteiger charge is -2.26. The van der Waals surface area contributed by atoms with E-state index in [0.29, 0.717) is 46.0 Å². The van der Waals surface area contributed by atoms with Crippen LogP contribution in [0.2, 0.25) is 0 Å². The molecule has 174 valence electrons. The predicted molar refractivity (Wildman–Crippen MR) is 123 cm³/mol. The van der Waals surface area contributed by atoms with Crippen LogP contribution in [0.1, 0.15) is 38.9 Å². The molecule has 4 rings (SSSR count). The molecule has 3 aromatic rings. The zero-order valence-electron chi connectivity index (χ0n) is 19.6. The SMILES string of the molecule is COCCN1C(=O)c2oc3c(C)cc(C)cc3c(=O)c2C1c1cc(OC)c(OC)c(OC)c1. The van der Waals surface area contributed by atoms with Gasteiger partial charge in [-0.3, -0.25) is 9.59 Å². The molecule has 1 aliphatic rings. The van der Waals surface area contributed by atoms with E-state index in [1.807, 2.05) is 19.9 Å². The quantitative estimate of drug-likeness (QED) is 0.540. The molecule has 1 unspecified atom stereocenters. The van der Waals surface area contributed by atoms with Gasteiger partial charge in [-0.15, -0.1) is 0 Å². The van der Waals surface area contributed by atoms with Gasteiger partial charge in [0.15, 0.2) is 16.9 Å². The highest BCUT2D eigenvalue weighted by atomic mass is 16.5. The number of rotatable bonds is 7. The molecular formula is C25H27NO7. The number of fused-ring (bicyclic) bond motifs is 2. The first-order chi connectivity index (χ1) is 15.9. The molecule has 8 nitrogen and oxygen atoms in total. The van der Waals surface area contributed by atoms with Crippen molar-refractivity contribution in [1.82, 2.24) is 4.90 Å². The van der Waals surface area contributed by atoms with Crippen LogP contribution in [-0.4, -0.2) is 52.4 Å². The van der Waals surface area contributed by atoms with E-state index in [9.17, 15) is 9.59 Å². The van der Waals surface area contributed by atoms with Crippen LogP contribution in [0.15, 0.2) is 33.5 Å². The Labute approximate surface area is 191 Å². The van der Waals surface area contributed by atoms with Crippen molar-refractivity contribution in [3.63, 3.8) is 0 Å². The molecule has 0 saturated heterocycles. The lowest BCUT2D eigenvalue weighted by atomic mass is 9.96. The zero-order chi connectivity index (χ0) is 23.9. The summed E-state index contributed by atoms with van der Waals surface area (Å²) in [6, 6.07) is 6.52. The molecular weight excluding hydrogens is 426 g/mol. The summed E-state index contributed by atoms with van der Waals surface area (Å²) in [4.78, 5) is 28.8. The molecule has 2 aromatic carbocycles. The van der Waals surface area contributed by atoms with Crippen molar-refractivity contribution in [3.8, 4) is 17.2 Å². The third-order valence-corrected chi connectivity index (χ3v) is 5.94. The van der Waals surface area contributed by atoms with E-state index in [4.69, 9.17) is 23.4 Å². The van der Waals surface area contributed by atoms with Crippen LogP contribution in [-0.2, 0) is 4.74 Å². The monoisotopic (exact) mass is 453 g/mol. The normalized spacial score (nSPS) is 15.2. The molecule has 0 saturated carbocycles. The fraction of sp³-hybridized carbons (Fsp3) is 0.360. The van der Waals surface area contributed by atoms with Gasteiger partial charge in [-0.2, -0.15) is 0 Å². The van der Waals surface area contributed by atoms with Crippen molar-refractivity contribution in [2.24, 2.45) is 0 Å². The Hall–Kier alpha value is -3.52. The van der Waals surface area contributed by atoms with Crippen LogP contribution in [0, 0.1) is 13.8 Å². The average Bonchev–Trinajstić information content (AvgIpc) is 3.09. The number of nitrogens with zero attached hydrogens (tertiary/aromatic N) is 1. The Morgan fingerprint density at radius 2 is 1.61 bits per heavy atom. The standard InChI is InChI=1S/C25H27NO7/c1-13-9-14(2)22-16(10-13)21(27)19-20(26(7-8-29-3)25(28)24(19)33-22)15-11-17(30-4)23(32-6)18(12-15)31-5/h9-12,20H,7-8H2,1-6H3. The van der Waals surface area contributed by atoms with E-state index in [0.717, 1.165) is 11.1 Å². The fourth-order valence-corrected chi connectivity index (χ4v) is 4.50. The zero-order valence-corrected chi connectivity index (χ0v) is 19.6. The maximum atomic E-state index is 13.7. The first-order valence-corrected chi connectivity index (χ1v) is 10.5. The molecule has 1 amide bonds. The average molecular weight is 453 g/mol. The van der Waals surface area contributed by atoms with E-state index < -0.39 is 6.04 Å². The minimum atomic E-state index is -0.696. The number of ether oxygens (including phenoxy) is 4. The number of aryl methyl sites for hydroxylation is 2. The highest BCUT2D eigenvalue weighted by Gasteiger charge is 2.43. The van der Waals surface area contributed by atoms with Gasteiger partial charge in [0.1, 0.15) is 5.58 Å². The Morgan fingerprint density at radius 1 is 0.939 bits per heavy atom. The molecule has 33 heavy (non-hydrogen) atoms. The van der Waals surface area contributed by atoms with E-state index >= 15 is 0 Å². The third-order valence-electron chi connectivity index (χ3n) is 5.94. The molecule has 1 aliphatic heterocycles. The number of amides is 1. The van der Waals surface area contributed by atoms with Crippen molar-refractivity contribution in [2.75, 3.05) is 41.6 Å². The van der Waals surface area contributed by atoms with Crippen molar-refractivity contribution in [3.05, 3.63) is 62.5 Å². The molecule has 1 aromatic heterocycles. The Kier molecular flexibility index (Phi) is 6.03. The Balaban J connectivity index is 2.03. The van der Waals surface area contributed by atoms with Crippen molar-refractivity contribution < 1.29 is 28.2 Å². The van der Waals surface area contributed by atoms with Crippen LogP contribution >= 0.6 is 0 Å². The molecule has 8 heteroatoms. The minimum Gasteiger partial charge on any atom is -0.493 e. The van der Waals surface area contributed by atoms with E-state index in [2.05, 4.69) is 0 Å². The summed E-state index contributed by atoms with van der Waals surface area (Å²) in [6.07, 6.45) is 0. The summed E-state index contributed by atoms with van der Waals surface area (Å²) in [5, 5.41) is 0.449. The molecule has 0 N–H and O–H groups in total. The number of hydrogen-bond acceptors (Lipinski definition) is 7. The van der Waals surface area contributed by atoms with Crippen LogP contribution in [0.4, 0.5) is 0 Å². The van der Waals surface area contributed by atoms with Gasteiger partial charge in [-0.05, 0) is 48.7 Å². The lowest BCUT2D eigenvalue weighted by molar-refractivity contribution is 0.0662. The topological polar surface area (TPSA) is 87.4 Å². The van der Waals surface area contributed by atoms with Crippen molar-refractivity contribution in [2.45, 2.75) is 19.9 Å². The minimum absolute atomic E-state index is 0.0503. The maximum absolute atomic E-state index is 13.7. The van der Waals surface area contributed by atoms with Gasteiger partial charge in [0.2, 0.25) is 11.5 Å². The fourth-order valence-electron chi connectivity index (χ4n) is 4.50. The predicted octanol–water partition coefficient (Wildman–Crippen LogP) is 3.63. The van der Waals surface area contributed by atoms with Crippen LogP contribution in [0.3, 0.4) is 0 Å². The Bertz CT molecular complexity index is 1270. The van der Waals surface area contributed by atoms with E-state index in [1.165, 1.54) is 21.3 Å². The van der Waals surface area contributed by atoms with Gasteiger partial charge in [0.05, 0.1) is 44.9 Å². The molecule has 0 radical (unpaired) electrons. The van der Waals surface area contributed by atoms with Crippen molar-refractivity contribution >= 4 is 16.9 Å². The van der Waals surface area contributed by atoms with Gasteiger partial charge in [-0.25, -0.2) is 0 Å². The molecule has 0 fully saturated rings. The number of carbonyl (C=O) groups is 1. The summed E-state index contributed by atoms with van der Waals surface area (Å²) in [6.45, 7) is 4.36. The smallest absolute Gasteiger partial charge is 0.290 e. The summed E-state index contributed by atoms with van der Waals surface area (Å²) in [5.74, 6) is 0.968. The second-order valence-corrected chi connectivity index (χ2v) is 7.99.